The van der Waals surface area contributed by atoms with Crippen molar-refractivity contribution < 1.29 is 9.53 Å². The van der Waals surface area contributed by atoms with Crippen LogP contribution in [0.5, 0.6) is 0 Å². The first-order chi connectivity index (χ1) is 8.31. The number of hydrogen-bond donors (Lipinski definition) is 2. The van der Waals surface area contributed by atoms with Crippen LogP contribution in [0.25, 0.3) is 0 Å². The van der Waals surface area contributed by atoms with Gasteiger partial charge in [0.25, 0.3) is 0 Å². The molecule has 2 radical (unpaired) electrons. The van der Waals surface area contributed by atoms with E-state index in [1.54, 1.807) is 0 Å². The summed E-state index contributed by atoms with van der Waals surface area (Å²) in [6, 6.07) is 0.688. The maximum Gasteiger partial charge on any atom is 0.315 e. The van der Waals surface area contributed by atoms with Gasteiger partial charge in [-0.25, -0.2) is 4.79 Å². The van der Waals surface area contributed by atoms with Crippen LogP contribution in [0.1, 0.15) is 25.7 Å². The van der Waals surface area contributed by atoms with Gasteiger partial charge in [-0.15, -0.1) is 0 Å². The molecule has 6 heteroatoms. The maximum absolute atomic E-state index is 11.2. The smallest absolute Gasteiger partial charge is 0.315 e. The van der Waals surface area contributed by atoms with Crippen molar-refractivity contribution in [3.63, 3.8) is 0 Å². The van der Waals surface area contributed by atoms with E-state index in [0.717, 1.165) is 18.8 Å². The van der Waals surface area contributed by atoms with E-state index in [4.69, 9.17) is 12.6 Å². The third-order valence-corrected chi connectivity index (χ3v) is 4.84. The maximum atomic E-state index is 11.2. The van der Waals surface area contributed by atoms with E-state index in [-0.39, 0.29) is 6.03 Å². The van der Waals surface area contributed by atoms with Gasteiger partial charge < -0.3 is 15.4 Å². The van der Waals surface area contributed by atoms with Crippen LogP contribution in [0, 0.1) is 0 Å². The summed E-state index contributed by atoms with van der Waals surface area (Å²) in [5.41, 5.74) is 0. The van der Waals surface area contributed by atoms with Gasteiger partial charge in [0.1, 0.15) is 7.85 Å². The summed E-state index contributed by atoms with van der Waals surface area (Å²) in [7, 11) is 5.24. The zero-order valence-electron chi connectivity index (χ0n) is 9.98. The number of fused-ring (bicyclic) bond motifs is 1. The van der Waals surface area contributed by atoms with Gasteiger partial charge in [0.05, 0.1) is 12.1 Å². The number of unbranched alkanes of at least 4 members (excludes halogenated alkanes) is 2. The van der Waals surface area contributed by atoms with Gasteiger partial charge in [0.2, 0.25) is 0 Å². The zero-order chi connectivity index (χ0) is 12.1. The Kier molecular flexibility index (Phi) is 5.04. The van der Waals surface area contributed by atoms with Gasteiger partial charge >= 0.3 is 6.03 Å². The van der Waals surface area contributed by atoms with Crippen LogP contribution >= 0.6 is 11.8 Å². The molecule has 2 aliphatic heterocycles. The number of rotatable bonds is 7. The largest absolute Gasteiger partial charge is 0.391 e. The standard InChI is InChI=1S/C11H19BN2O2S/c12-7-16-5-3-1-2-4-9-10-8(6-17-9)13-11(15)14-10/h8-10H,1-7H2,(H2,13,14,15)/t8-,9-,10-/m0/s1. The summed E-state index contributed by atoms with van der Waals surface area (Å²) >= 11 is 1.98. The number of carbonyl (C=O) groups is 1. The van der Waals surface area contributed by atoms with Crippen LogP contribution in [-0.2, 0) is 4.74 Å². The number of urea groups is 1. The Morgan fingerprint density at radius 1 is 1.35 bits per heavy atom. The minimum Gasteiger partial charge on any atom is -0.391 e. The summed E-state index contributed by atoms with van der Waals surface area (Å²) < 4.78 is 5.09. The molecule has 0 saturated carbocycles. The van der Waals surface area contributed by atoms with E-state index < -0.39 is 0 Å². The monoisotopic (exact) mass is 254 g/mol. The zero-order valence-corrected chi connectivity index (χ0v) is 10.8. The molecule has 0 aromatic heterocycles. The summed E-state index contributed by atoms with van der Waals surface area (Å²) in [6.07, 6.45) is 4.63. The van der Waals surface area contributed by atoms with Crippen molar-refractivity contribution in [3.8, 4) is 0 Å². The van der Waals surface area contributed by atoms with Crippen LogP contribution in [0.4, 0.5) is 4.79 Å². The highest BCUT2D eigenvalue weighted by Crippen LogP contribution is 2.33. The average Bonchev–Trinajstić information content (AvgIpc) is 2.83. The molecule has 0 spiro atoms. The molecule has 2 amide bonds. The molecule has 2 heterocycles. The molecule has 0 aromatic carbocycles. The first-order valence-electron chi connectivity index (χ1n) is 6.27. The number of nitrogens with one attached hydrogen (secondary N) is 2. The summed E-state index contributed by atoms with van der Waals surface area (Å²) in [5, 5.41) is 6.55. The van der Waals surface area contributed by atoms with E-state index in [9.17, 15) is 4.79 Å². The number of amides is 2. The normalized spacial score (nSPS) is 31.1. The highest BCUT2D eigenvalue weighted by molar-refractivity contribution is 8.00. The first-order valence-corrected chi connectivity index (χ1v) is 7.32. The summed E-state index contributed by atoms with van der Waals surface area (Å²) in [6.45, 7) is 1.08. The van der Waals surface area contributed by atoms with Gasteiger partial charge in [0, 0.05) is 24.1 Å². The van der Waals surface area contributed by atoms with Crippen molar-refractivity contribution in [3.05, 3.63) is 0 Å². The number of ether oxygens (including phenoxy) is 1. The fourth-order valence-corrected chi connectivity index (χ4v) is 4.00. The van der Waals surface area contributed by atoms with Crippen LogP contribution in [0.15, 0.2) is 0 Å². The highest BCUT2D eigenvalue weighted by atomic mass is 32.2. The van der Waals surface area contributed by atoms with Crippen LogP contribution < -0.4 is 10.6 Å². The third-order valence-electron chi connectivity index (χ3n) is 3.33. The molecule has 2 saturated heterocycles. The quantitative estimate of drug-likeness (QED) is 0.402. The predicted octanol–water partition coefficient (Wildman–Crippen LogP) is 0.855. The van der Waals surface area contributed by atoms with Crippen molar-refractivity contribution in [1.82, 2.24) is 10.6 Å². The Morgan fingerprint density at radius 3 is 3.06 bits per heavy atom. The lowest BCUT2D eigenvalue weighted by Crippen LogP contribution is -2.36. The Hall–Kier alpha value is -0.355. The Labute approximate surface area is 108 Å². The first kappa shape index (κ1) is 13.1. The second kappa shape index (κ2) is 6.54. The van der Waals surface area contributed by atoms with Crippen molar-refractivity contribution in [2.75, 3.05) is 18.9 Å². The molecule has 0 unspecified atom stereocenters. The predicted molar refractivity (Wildman–Crippen MR) is 70.5 cm³/mol. The lowest BCUT2D eigenvalue weighted by atomic mass is 10.0. The van der Waals surface area contributed by atoms with E-state index in [1.807, 2.05) is 11.8 Å². The second-order valence-corrected chi connectivity index (χ2v) is 5.82. The molecular formula is C11H19BN2O2S. The Bertz CT molecular complexity index is 268. The molecule has 3 atom stereocenters. The fraction of sp³-hybridized carbons (Fsp3) is 0.909. The van der Waals surface area contributed by atoms with Gasteiger partial charge in [-0.1, -0.05) is 12.8 Å². The molecule has 4 nitrogen and oxygen atoms in total. The van der Waals surface area contributed by atoms with Crippen molar-refractivity contribution >= 4 is 25.6 Å². The van der Waals surface area contributed by atoms with Crippen molar-refractivity contribution in [1.29, 1.82) is 0 Å². The molecule has 2 aliphatic rings. The molecule has 17 heavy (non-hydrogen) atoms. The summed E-state index contributed by atoms with van der Waals surface area (Å²) in [5.74, 6) is 1.05. The number of hydrogen-bond acceptors (Lipinski definition) is 3. The van der Waals surface area contributed by atoms with E-state index in [1.165, 1.54) is 19.3 Å². The minimum atomic E-state index is 0.00152. The summed E-state index contributed by atoms with van der Waals surface area (Å²) in [4.78, 5) is 11.2. The molecule has 0 aliphatic carbocycles. The molecule has 2 rings (SSSR count). The molecule has 94 valence electrons. The van der Waals surface area contributed by atoms with Crippen molar-refractivity contribution in [2.45, 2.75) is 43.0 Å². The van der Waals surface area contributed by atoms with Crippen molar-refractivity contribution in [2.24, 2.45) is 0 Å². The van der Waals surface area contributed by atoms with Gasteiger partial charge in [-0.2, -0.15) is 11.8 Å². The number of thioether (sulfide) groups is 1. The topological polar surface area (TPSA) is 50.4 Å². The highest BCUT2D eigenvalue weighted by Gasteiger charge is 2.42. The SMILES string of the molecule is [B]COCCCCC[C@@H]1SC[C@@H]2NC(=O)N[C@@H]21. The molecule has 0 aromatic rings. The van der Waals surface area contributed by atoms with Crippen LogP contribution in [0.2, 0.25) is 0 Å². The van der Waals surface area contributed by atoms with E-state index >= 15 is 0 Å². The average molecular weight is 254 g/mol. The van der Waals surface area contributed by atoms with Gasteiger partial charge in [-0.3, -0.25) is 0 Å². The Balaban J connectivity index is 1.59. The lowest BCUT2D eigenvalue weighted by Gasteiger charge is -2.16. The van der Waals surface area contributed by atoms with Gasteiger partial charge in [0.15, 0.2) is 0 Å². The number of carbonyl (C=O) groups excluding carboxylic acids is 1. The second-order valence-electron chi connectivity index (χ2n) is 4.55. The van der Waals surface area contributed by atoms with Crippen LogP contribution in [-0.4, -0.2) is 50.1 Å². The minimum absolute atomic E-state index is 0.00152. The fourth-order valence-electron chi connectivity index (χ4n) is 2.45. The third kappa shape index (κ3) is 3.55. The lowest BCUT2D eigenvalue weighted by molar-refractivity contribution is 0.173. The molecule has 2 fully saturated rings. The molecule has 0 bridgehead atoms. The van der Waals surface area contributed by atoms with Gasteiger partial charge in [-0.05, 0) is 12.8 Å². The Morgan fingerprint density at radius 2 is 2.24 bits per heavy atom. The van der Waals surface area contributed by atoms with E-state index in [0.29, 0.717) is 23.8 Å². The molecular weight excluding hydrogens is 235 g/mol. The molecule has 2 N–H and O–H groups in total. The van der Waals surface area contributed by atoms with E-state index in [2.05, 4.69) is 10.6 Å². The van der Waals surface area contributed by atoms with Crippen LogP contribution in [0.3, 0.4) is 0 Å².